The van der Waals surface area contributed by atoms with E-state index < -0.39 is 0 Å². The minimum atomic E-state index is -0.171. The van der Waals surface area contributed by atoms with Gasteiger partial charge in [0.2, 0.25) is 0 Å². The van der Waals surface area contributed by atoms with Crippen LogP contribution >= 0.6 is 11.3 Å². The van der Waals surface area contributed by atoms with E-state index in [4.69, 9.17) is 0 Å². The lowest BCUT2D eigenvalue weighted by atomic mass is 10.0. The number of hydrogen-bond donors (Lipinski definition) is 1. The zero-order valence-electron chi connectivity index (χ0n) is 12.9. The summed E-state index contributed by atoms with van der Waals surface area (Å²) in [6.07, 6.45) is 1.95. The molecule has 1 aliphatic rings. The number of nitrogens with one attached hydrogen (secondary N) is 1. The smallest absolute Gasteiger partial charge is 0.185 e. The second-order valence-corrected chi connectivity index (χ2v) is 6.84. The average molecular weight is 320 g/mol. The van der Waals surface area contributed by atoms with Crippen LogP contribution in [-0.2, 0) is 6.54 Å². The van der Waals surface area contributed by atoms with Crippen LogP contribution in [0, 0.1) is 5.82 Å². The number of aromatic nitrogens is 1. The SMILES string of the molecule is CN(C)c1ncc(CN2CCNCC2c2cccc(F)c2)s1. The summed E-state index contributed by atoms with van der Waals surface area (Å²) in [6, 6.07) is 7.13. The highest BCUT2D eigenvalue weighted by molar-refractivity contribution is 7.15. The van der Waals surface area contributed by atoms with Gasteiger partial charge in [0, 0.05) is 57.4 Å². The van der Waals surface area contributed by atoms with Gasteiger partial charge in [-0.25, -0.2) is 9.37 Å². The van der Waals surface area contributed by atoms with Gasteiger partial charge >= 0.3 is 0 Å². The molecular weight excluding hydrogens is 299 g/mol. The predicted octanol–water partition coefficient (Wildman–Crippen LogP) is 2.49. The molecule has 1 aromatic carbocycles. The minimum absolute atomic E-state index is 0.171. The first-order chi connectivity index (χ1) is 10.6. The van der Waals surface area contributed by atoms with Crippen LogP contribution in [0.4, 0.5) is 9.52 Å². The number of benzene rings is 1. The number of hydrogen-bond acceptors (Lipinski definition) is 5. The second-order valence-electron chi connectivity index (χ2n) is 5.75. The highest BCUT2D eigenvalue weighted by atomic mass is 32.1. The Morgan fingerprint density at radius 3 is 3.05 bits per heavy atom. The molecule has 0 aliphatic carbocycles. The molecular formula is C16H21FN4S. The quantitative estimate of drug-likeness (QED) is 0.938. The fourth-order valence-corrected chi connectivity index (χ4v) is 3.61. The maximum atomic E-state index is 13.5. The van der Waals surface area contributed by atoms with Gasteiger partial charge in [-0.2, -0.15) is 0 Å². The van der Waals surface area contributed by atoms with Gasteiger partial charge in [0.1, 0.15) is 5.82 Å². The standard InChI is InChI=1S/C16H21FN4S/c1-20(2)16-19-9-14(22-16)11-21-7-6-18-10-15(21)12-4-3-5-13(17)8-12/h3-5,8-9,15,18H,6-7,10-11H2,1-2H3. The fourth-order valence-electron chi connectivity index (χ4n) is 2.76. The van der Waals surface area contributed by atoms with Crippen molar-refractivity contribution in [2.45, 2.75) is 12.6 Å². The third-order valence-corrected chi connectivity index (χ3v) is 5.02. The number of nitrogens with zero attached hydrogens (tertiary/aromatic N) is 3. The highest BCUT2D eigenvalue weighted by Crippen LogP contribution is 2.28. The third-order valence-electron chi connectivity index (χ3n) is 3.87. The van der Waals surface area contributed by atoms with Crippen LogP contribution in [0.3, 0.4) is 0 Å². The van der Waals surface area contributed by atoms with Gasteiger partial charge in [0.25, 0.3) is 0 Å². The van der Waals surface area contributed by atoms with Crippen molar-refractivity contribution in [3.8, 4) is 0 Å². The van der Waals surface area contributed by atoms with Gasteiger partial charge in [-0.1, -0.05) is 12.1 Å². The van der Waals surface area contributed by atoms with Gasteiger partial charge < -0.3 is 10.2 Å². The Kier molecular flexibility index (Phi) is 4.71. The molecule has 0 saturated carbocycles. The number of piperazine rings is 1. The van der Waals surface area contributed by atoms with E-state index >= 15 is 0 Å². The van der Waals surface area contributed by atoms with Crippen molar-refractivity contribution >= 4 is 16.5 Å². The van der Waals surface area contributed by atoms with Crippen molar-refractivity contribution in [2.24, 2.45) is 0 Å². The summed E-state index contributed by atoms with van der Waals surface area (Å²) in [5, 5.41) is 4.43. The van der Waals surface area contributed by atoms with E-state index in [1.165, 1.54) is 10.9 Å². The molecule has 1 N–H and O–H groups in total. The molecule has 1 fully saturated rings. The first kappa shape index (κ1) is 15.4. The van der Waals surface area contributed by atoms with E-state index in [-0.39, 0.29) is 11.9 Å². The van der Waals surface area contributed by atoms with Crippen molar-refractivity contribution in [2.75, 3.05) is 38.6 Å². The number of rotatable bonds is 4. The van der Waals surface area contributed by atoms with E-state index in [0.717, 1.165) is 36.9 Å². The number of thiazole rings is 1. The van der Waals surface area contributed by atoms with E-state index in [1.54, 1.807) is 23.5 Å². The Hall–Kier alpha value is -1.50. The van der Waals surface area contributed by atoms with Crippen molar-refractivity contribution < 1.29 is 4.39 Å². The lowest BCUT2D eigenvalue weighted by molar-refractivity contribution is 0.155. The summed E-state index contributed by atoms with van der Waals surface area (Å²) < 4.78 is 13.5. The molecule has 1 aliphatic heterocycles. The Labute approximate surface area is 134 Å². The molecule has 1 unspecified atom stereocenters. The molecule has 0 bridgehead atoms. The fraction of sp³-hybridized carbons (Fsp3) is 0.438. The Bertz CT molecular complexity index is 628. The Morgan fingerprint density at radius 2 is 2.32 bits per heavy atom. The van der Waals surface area contributed by atoms with Crippen LogP contribution in [0.25, 0.3) is 0 Å². The van der Waals surface area contributed by atoms with Crippen molar-refractivity contribution in [1.29, 1.82) is 0 Å². The van der Waals surface area contributed by atoms with Crippen molar-refractivity contribution in [3.05, 3.63) is 46.7 Å². The number of halogens is 1. The lowest BCUT2D eigenvalue weighted by Crippen LogP contribution is -2.45. The third kappa shape index (κ3) is 3.45. The first-order valence-corrected chi connectivity index (χ1v) is 8.27. The second kappa shape index (κ2) is 6.73. The van der Waals surface area contributed by atoms with Crippen LogP contribution in [0.1, 0.15) is 16.5 Å². The molecule has 118 valence electrons. The van der Waals surface area contributed by atoms with Crippen LogP contribution in [0.5, 0.6) is 0 Å². The molecule has 4 nitrogen and oxygen atoms in total. The summed E-state index contributed by atoms with van der Waals surface area (Å²) in [5.74, 6) is -0.171. The monoisotopic (exact) mass is 320 g/mol. The normalized spacial score (nSPS) is 19.3. The Morgan fingerprint density at radius 1 is 1.45 bits per heavy atom. The molecule has 0 amide bonds. The zero-order chi connectivity index (χ0) is 15.5. The molecule has 6 heteroatoms. The molecule has 2 heterocycles. The van der Waals surface area contributed by atoms with Gasteiger partial charge in [0.15, 0.2) is 5.13 Å². The maximum absolute atomic E-state index is 13.5. The van der Waals surface area contributed by atoms with Gasteiger partial charge in [-0.15, -0.1) is 11.3 Å². The molecule has 3 rings (SSSR count). The van der Waals surface area contributed by atoms with Gasteiger partial charge in [-0.3, -0.25) is 4.90 Å². The largest absolute Gasteiger partial charge is 0.354 e. The highest BCUT2D eigenvalue weighted by Gasteiger charge is 2.24. The molecule has 1 atom stereocenters. The molecule has 0 spiro atoms. The van der Waals surface area contributed by atoms with Crippen molar-refractivity contribution in [3.63, 3.8) is 0 Å². The summed E-state index contributed by atoms with van der Waals surface area (Å²) in [6.45, 7) is 3.62. The van der Waals surface area contributed by atoms with E-state index in [2.05, 4.69) is 15.2 Å². The van der Waals surface area contributed by atoms with E-state index in [1.807, 2.05) is 31.3 Å². The summed E-state index contributed by atoms with van der Waals surface area (Å²) in [7, 11) is 4.01. The van der Waals surface area contributed by atoms with Crippen molar-refractivity contribution in [1.82, 2.24) is 15.2 Å². The van der Waals surface area contributed by atoms with Gasteiger partial charge in [-0.05, 0) is 17.7 Å². The molecule has 1 saturated heterocycles. The summed E-state index contributed by atoms with van der Waals surface area (Å²) in [4.78, 5) is 10.1. The predicted molar refractivity (Wildman–Crippen MR) is 88.9 cm³/mol. The molecule has 1 aromatic heterocycles. The van der Waals surface area contributed by atoms with Gasteiger partial charge in [0.05, 0.1) is 0 Å². The van der Waals surface area contributed by atoms with Crippen LogP contribution < -0.4 is 10.2 Å². The summed E-state index contributed by atoms with van der Waals surface area (Å²) in [5.41, 5.74) is 1.03. The van der Waals surface area contributed by atoms with E-state index in [9.17, 15) is 4.39 Å². The van der Waals surface area contributed by atoms with Crippen LogP contribution in [0.15, 0.2) is 30.5 Å². The van der Waals surface area contributed by atoms with E-state index in [0.29, 0.717) is 0 Å². The maximum Gasteiger partial charge on any atom is 0.185 e. The zero-order valence-corrected chi connectivity index (χ0v) is 13.7. The average Bonchev–Trinajstić information content (AvgIpc) is 2.97. The first-order valence-electron chi connectivity index (χ1n) is 7.46. The summed E-state index contributed by atoms with van der Waals surface area (Å²) >= 11 is 1.71. The molecule has 0 radical (unpaired) electrons. The molecule has 2 aromatic rings. The lowest BCUT2D eigenvalue weighted by Gasteiger charge is -2.36. The topological polar surface area (TPSA) is 31.4 Å². The number of anilines is 1. The molecule has 22 heavy (non-hydrogen) atoms. The van der Waals surface area contributed by atoms with Crippen LogP contribution in [0.2, 0.25) is 0 Å². The van der Waals surface area contributed by atoms with Crippen LogP contribution in [-0.4, -0.2) is 43.6 Å². The Balaban J connectivity index is 1.77. The minimum Gasteiger partial charge on any atom is -0.354 e.